The molecule has 64 heavy (non-hydrogen) atoms. The normalized spacial score (nSPS) is 22.8. The molecule has 0 bridgehead atoms. The number of unbranched alkanes of at least 4 members (excludes halogenated alkanes) is 13. The number of rotatable bonds is 37. The molecule has 1 fully saturated rings. The number of phosphoric ester groups is 2. The number of hydrogen-bond donors (Lipinski definition) is 8. The highest BCUT2D eigenvalue weighted by molar-refractivity contribution is 7.47. The number of ether oxygens (including phenoxy) is 2. The van der Waals surface area contributed by atoms with Crippen LogP contribution in [-0.4, -0.2) is 114 Å². The summed E-state index contributed by atoms with van der Waals surface area (Å²) < 4.78 is 49.2. The molecule has 0 aliphatic heterocycles. The largest absolute Gasteiger partial charge is 0.472 e. The Hall–Kier alpha value is -2.34. The van der Waals surface area contributed by atoms with E-state index in [1.54, 1.807) is 6.08 Å². The predicted octanol–water partition coefficient (Wildman–Crippen LogP) is 7.25. The van der Waals surface area contributed by atoms with Gasteiger partial charge in [0.15, 0.2) is 6.10 Å². The molecule has 19 heteroatoms. The molecule has 1 rings (SSSR count). The average Bonchev–Trinajstić information content (AvgIpc) is 3.24. The van der Waals surface area contributed by atoms with Gasteiger partial charge in [0, 0.05) is 12.8 Å². The number of phosphoric acid groups is 2. The lowest BCUT2D eigenvalue weighted by molar-refractivity contribution is -0.216. The molecule has 0 aromatic heterocycles. The van der Waals surface area contributed by atoms with Gasteiger partial charge >= 0.3 is 27.6 Å². The third kappa shape index (κ3) is 30.0. The zero-order valence-corrected chi connectivity index (χ0v) is 39.6. The highest BCUT2D eigenvalue weighted by Crippen LogP contribution is 2.49. The molecular weight excluding hydrogens is 874 g/mol. The zero-order valence-electron chi connectivity index (χ0n) is 37.8. The van der Waals surface area contributed by atoms with Crippen LogP contribution in [0.2, 0.25) is 0 Å². The van der Waals surface area contributed by atoms with Crippen molar-refractivity contribution in [2.45, 2.75) is 198 Å². The third-order valence-electron chi connectivity index (χ3n) is 10.1. The van der Waals surface area contributed by atoms with E-state index in [0.29, 0.717) is 32.1 Å². The molecule has 0 spiro atoms. The van der Waals surface area contributed by atoms with Crippen LogP contribution < -0.4 is 0 Å². The second-order valence-electron chi connectivity index (χ2n) is 16.0. The summed E-state index contributed by atoms with van der Waals surface area (Å²) in [6.45, 7) is 2.92. The van der Waals surface area contributed by atoms with Crippen LogP contribution in [0.4, 0.5) is 0 Å². The minimum absolute atomic E-state index is 0.0696. The van der Waals surface area contributed by atoms with Gasteiger partial charge in [-0.05, 0) is 70.6 Å². The molecule has 17 nitrogen and oxygen atoms in total. The molecule has 0 aromatic rings. The number of carbonyl (C=O) groups is 2. The van der Waals surface area contributed by atoms with Gasteiger partial charge in [-0.25, -0.2) is 9.13 Å². The van der Waals surface area contributed by atoms with E-state index >= 15 is 0 Å². The molecule has 8 N–H and O–H groups in total. The van der Waals surface area contributed by atoms with Gasteiger partial charge in [-0.3, -0.25) is 23.2 Å². The van der Waals surface area contributed by atoms with Crippen LogP contribution in [0.25, 0.3) is 0 Å². The predicted molar refractivity (Wildman–Crippen MR) is 242 cm³/mol. The van der Waals surface area contributed by atoms with Crippen molar-refractivity contribution in [1.82, 2.24) is 0 Å². The Morgan fingerprint density at radius 1 is 0.578 bits per heavy atom. The van der Waals surface area contributed by atoms with E-state index in [0.717, 1.165) is 51.4 Å². The van der Waals surface area contributed by atoms with Crippen molar-refractivity contribution < 1.29 is 82.0 Å². The zero-order chi connectivity index (χ0) is 47.6. The lowest BCUT2D eigenvalue weighted by atomic mass is 9.85. The maximum atomic E-state index is 13.0. The van der Waals surface area contributed by atoms with Crippen LogP contribution in [0.15, 0.2) is 60.8 Å². The van der Waals surface area contributed by atoms with Gasteiger partial charge in [-0.15, -0.1) is 0 Å². The first kappa shape index (κ1) is 59.7. The number of aliphatic hydroxyl groups excluding tert-OH is 5. The second kappa shape index (κ2) is 35.8. The van der Waals surface area contributed by atoms with E-state index in [2.05, 4.69) is 36.6 Å². The summed E-state index contributed by atoms with van der Waals surface area (Å²) in [5, 5.41) is 51.3. The maximum absolute atomic E-state index is 13.0. The summed E-state index contributed by atoms with van der Waals surface area (Å²) in [6.07, 6.45) is 22.1. The minimum Gasteiger partial charge on any atom is -0.462 e. The van der Waals surface area contributed by atoms with Crippen LogP contribution in [0.1, 0.15) is 149 Å². The van der Waals surface area contributed by atoms with Crippen LogP contribution >= 0.6 is 15.6 Å². The lowest BCUT2D eigenvalue weighted by Crippen LogP contribution is -2.64. The minimum atomic E-state index is -5.38. The molecule has 370 valence electrons. The molecule has 0 radical (unpaired) electrons. The summed E-state index contributed by atoms with van der Waals surface area (Å²) in [6, 6.07) is 0. The summed E-state index contributed by atoms with van der Waals surface area (Å²) in [7, 11) is -10.7. The fourth-order valence-corrected chi connectivity index (χ4v) is 8.04. The monoisotopic (exact) mass is 952 g/mol. The van der Waals surface area contributed by atoms with E-state index in [9.17, 15) is 49.1 Å². The van der Waals surface area contributed by atoms with Gasteiger partial charge < -0.3 is 49.7 Å². The SMILES string of the molecule is CCCCC/C=C\C=C/[C@H](O)C/C=C\C/C=C/CCCC(=O)O[C@H](COC(=O)CCCCCCC/C=C\CCCCCC)COP(=O)(O)O[C@H]1C(O)C(O)C(O)[C@@H](OP(=O)(O)O)C1O. The van der Waals surface area contributed by atoms with E-state index in [4.69, 9.17) is 28.3 Å². The molecule has 1 saturated carbocycles. The van der Waals surface area contributed by atoms with Crippen LogP contribution in [0, 0.1) is 0 Å². The van der Waals surface area contributed by atoms with E-state index in [-0.39, 0.29) is 12.8 Å². The van der Waals surface area contributed by atoms with E-state index in [1.165, 1.54) is 38.5 Å². The quantitative estimate of drug-likeness (QED) is 0.0100. The second-order valence-corrected chi connectivity index (χ2v) is 18.6. The number of allylic oxidation sites excluding steroid dienone is 8. The van der Waals surface area contributed by atoms with Crippen molar-refractivity contribution in [3.05, 3.63) is 60.8 Å². The van der Waals surface area contributed by atoms with Gasteiger partial charge in [0.2, 0.25) is 0 Å². The Labute approximate surface area is 380 Å². The molecule has 0 amide bonds. The number of aliphatic hydroxyl groups is 5. The summed E-state index contributed by atoms with van der Waals surface area (Å²) >= 11 is 0. The number of carbonyl (C=O) groups excluding carboxylic acids is 2. The first-order valence-electron chi connectivity index (χ1n) is 22.9. The van der Waals surface area contributed by atoms with Gasteiger partial charge in [0.1, 0.15) is 43.2 Å². The Morgan fingerprint density at radius 2 is 1.11 bits per heavy atom. The summed E-state index contributed by atoms with van der Waals surface area (Å²) in [5.74, 6) is -1.33. The standard InChI is InChI=1S/C45H78O17P2/c1-3-5-7-9-11-12-13-14-15-16-20-24-28-32-38(47)58-34-37(35-59-64(56,57)62-45-42(51)40(49)41(50)44(43(45)52)61-63(53,54)55)60-39(48)33-29-25-21-17-19-23-27-31-36(46)30-26-22-18-10-8-6-4-2/h12-13,17-18,21-23,26-27,30,36-37,40-46,49-52H,3-11,14-16,19-20,24-25,28-29,31-35H2,1-2H3,(H,56,57)(H2,53,54,55)/b13-12-,21-17+,22-18-,27-23-,30-26-/t36-,37+,40?,41?,42?,43?,44+,45-/m0/s1. The molecule has 5 unspecified atom stereocenters. The van der Waals surface area contributed by atoms with Crippen molar-refractivity contribution in [1.29, 1.82) is 0 Å². The number of esters is 2. The maximum Gasteiger partial charge on any atom is 0.472 e. The van der Waals surface area contributed by atoms with E-state index in [1.807, 2.05) is 36.5 Å². The first-order valence-corrected chi connectivity index (χ1v) is 26.0. The smallest absolute Gasteiger partial charge is 0.462 e. The van der Waals surface area contributed by atoms with Gasteiger partial charge in [-0.2, -0.15) is 0 Å². The van der Waals surface area contributed by atoms with Crippen LogP contribution in [0.5, 0.6) is 0 Å². The summed E-state index contributed by atoms with van der Waals surface area (Å²) in [4.78, 5) is 54.2. The van der Waals surface area contributed by atoms with Crippen molar-refractivity contribution in [2.24, 2.45) is 0 Å². The van der Waals surface area contributed by atoms with Gasteiger partial charge in [0.05, 0.1) is 12.7 Å². The van der Waals surface area contributed by atoms with Crippen molar-refractivity contribution >= 4 is 27.6 Å². The molecular formula is C45H78O17P2. The van der Waals surface area contributed by atoms with Crippen molar-refractivity contribution in [2.75, 3.05) is 13.2 Å². The molecule has 1 aliphatic carbocycles. The molecule has 1 aliphatic rings. The molecule has 0 saturated heterocycles. The van der Waals surface area contributed by atoms with Gasteiger partial charge in [-0.1, -0.05) is 126 Å². The third-order valence-corrected chi connectivity index (χ3v) is 11.6. The topological polar surface area (TPSA) is 276 Å². The fourth-order valence-electron chi connectivity index (χ4n) is 6.50. The average molecular weight is 953 g/mol. The molecule has 0 heterocycles. The van der Waals surface area contributed by atoms with Crippen LogP contribution in [-0.2, 0) is 41.8 Å². The fraction of sp³-hybridized carbons (Fsp3) is 0.733. The Morgan fingerprint density at radius 3 is 1.78 bits per heavy atom. The van der Waals surface area contributed by atoms with Crippen molar-refractivity contribution in [3.8, 4) is 0 Å². The Balaban J connectivity index is 2.69. The highest BCUT2D eigenvalue weighted by Gasteiger charge is 2.54. The Bertz CT molecular complexity index is 1490. The Kier molecular flexibility index (Phi) is 33.4. The van der Waals surface area contributed by atoms with Crippen molar-refractivity contribution in [3.63, 3.8) is 0 Å². The first-order chi connectivity index (χ1) is 30.5. The molecule has 9 atom stereocenters. The molecule has 0 aromatic carbocycles. The van der Waals surface area contributed by atoms with Gasteiger partial charge in [0.25, 0.3) is 0 Å². The highest BCUT2D eigenvalue weighted by atomic mass is 31.2. The number of hydrogen-bond acceptors (Lipinski definition) is 14. The van der Waals surface area contributed by atoms with E-state index < -0.39 is 89.6 Å². The lowest BCUT2D eigenvalue weighted by Gasteiger charge is -2.43. The summed E-state index contributed by atoms with van der Waals surface area (Å²) in [5.41, 5.74) is 0. The van der Waals surface area contributed by atoms with Crippen LogP contribution in [0.3, 0.4) is 0 Å².